The van der Waals surface area contributed by atoms with Gasteiger partial charge >= 0.3 is 12.1 Å². The van der Waals surface area contributed by atoms with Crippen molar-refractivity contribution in [2.75, 3.05) is 0 Å². The SMILES string of the molecule is CC(C)[C@@H]1CC[C@@H](C)C[C@H]1OC(=O)Cn1c(-c2cccc(C(F)(F)F)c2)nc2ccccc21. The maximum atomic E-state index is 13.3. The van der Waals surface area contributed by atoms with E-state index in [-0.39, 0.29) is 12.6 Å². The Labute approximate surface area is 191 Å². The lowest BCUT2D eigenvalue weighted by molar-refractivity contribution is -0.156. The number of para-hydroxylation sites is 2. The van der Waals surface area contributed by atoms with Gasteiger partial charge in [-0.1, -0.05) is 51.5 Å². The number of hydrogen-bond donors (Lipinski definition) is 0. The Kier molecular flexibility index (Phi) is 6.50. The summed E-state index contributed by atoms with van der Waals surface area (Å²) >= 11 is 0. The van der Waals surface area contributed by atoms with E-state index in [9.17, 15) is 18.0 Å². The summed E-state index contributed by atoms with van der Waals surface area (Å²) in [7, 11) is 0. The first-order valence-corrected chi connectivity index (χ1v) is 11.5. The molecule has 0 radical (unpaired) electrons. The number of imidazole rings is 1. The smallest absolute Gasteiger partial charge is 0.416 e. The number of rotatable bonds is 5. The van der Waals surface area contributed by atoms with Gasteiger partial charge in [0.1, 0.15) is 18.5 Å². The first-order valence-electron chi connectivity index (χ1n) is 11.5. The van der Waals surface area contributed by atoms with Crippen LogP contribution in [0.15, 0.2) is 48.5 Å². The highest BCUT2D eigenvalue weighted by molar-refractivity contribution is 5.83. The summed E-state index contributed by atoms with van der Waals surface area (Å²) in [4.78, 5) is 17.6. The Balaban J connectivity index is 1.66. The minimum atomic E-state index is -4.46. The van der Waals surface area contributed by atoms with Gasteiger partial charge in [-0.05, 0) is 54.9 Å². The van der Waals surface area contributed by atoms with Gasteiger partial charge in [0.2, 0.25) is 0 Å². The number of fused-ring (bicyclic) bond motifs is 1. The van der Waals surface area contributed by atoms with Crippen LogP contribution < -0.4 is 0 Å². The topological polar surface area (TPSA) is 44.1 Å². The lowest BCUT2D eigenvalue weighted by Gasteiger charge is -2.36. The van der Waals surface area contributed by atoms with Gasteiger partial charge in [-0.15, -0.1) is 0 Å². The fourth-order valence-corrected chi connectivity index (χ4v) is 4.88. The van der Waals surface area contributed by atoms with E-state index in [1.54, 1.807) is 16.7 Å². The highest BCUT2D eigenvalue weighted by Gasteiger charge is 2.34. The number of alkyl halides is 3. The highest BCUT2D eigenvalue weighted by Crippen LogP contribution is 2.36. The monoisotopic (exact) mass is 458 g/mol. The Morgan fingerprint density at radius 3 is 2.64 bits per heavy atom. The number of hydrogen-bond acceptors (Lipinski definition) is 3. The van der Waals surface area contributed by atoms with Crippen LogP contribution in [0.3, 0.4) is 0 Å². The third-order valence-corrected chi connectivity index (χ3v) is 6.63. The van der Waals surface area contributed by atoms with Crippen molar-refractivity contribution in [1.29, 1.82) is 0 Å². The van der Waals surface area contributed by atoms with Crippen LogP contribution >= 0.6 is 0 Å². The van der Waals surface area contributed by atoms with Gasteiger partial charge in [0.15, 0.2) is 0 Å². The van der Waals surface area contributed by atoms with E-state index in [0.717, 1.165) is 31.4 Å². The van der Waals surface area contributed by atoms with Crippen LogP contribution in [0.25, 0.3) is 22.4 Å². The summed E-state index contributed by atoms with van der Waals surface area (Å²) in [5, 5.41) is 0. The number of esters is 1. The molecule has 3 atom stereocenters. The fraction of sp³-hybridized carbons (Fsp3) is 0.462. The summed E-state index contributed by atoms with van der Waals surface area (Å²) in [6, 6.07) is 12.3. The standard InChI is InChI=1S/C26H29F3N2O2/c1-16(2)20-12-11-17(3)13-23(20)33-24(32)15-31-22-10-5-4-9-21(22)30-25(31)18-7-6-8-19(14-18)26(27,28)29/h4-10,14,16-17,20,23H,11-13,15H2,1-3H3/t17-,20+,23-/m1/s1. The fourth-order valence-electron chi connectivity index (χ4n) is 4.88. The third-order valence-electron chi connectivity index (χ3n) is 6.63. The quantitative estimate of drug-likeness (QED) is 0.398. The number of ether oxygens (including phenoxy) is 1. The maximum absolute atomic E-state index is 13.3. The van der Waals surface area contributed by atoms with Crippen LogP contribution in [0.4, 0.5) is 13.2 Å². The van der Waals surface area contributed by atoms with Crippen LogP contribution in [-0.2, 0) is 22.3 Å². The Morgan fingerprint density at radius 1 is 1.15 bits per heavy atom. The summed E-state index contributed by atoms with van der Waals surface area (Å²) in [5.74, 6) is 1.14. The van der Waals surface area contributed by atoms with Gasteiger partial charge in [-0.2, -0.15) is 13.2 Å². The minimum absolute atomic E-state index is 0.109. The summed E-state index contributed by atoms with van der Waals surface area (Å²) in [6.45, 7) is 6.36. The zero-order chi connectivity index (χ0) is 23.8. The summed E-state index contributed by atoms with van der Waals surface area (Å²) in [6.07, 6.45) is -1.62. The van der Waals surface area contributed by atoms with Crippen molar-refractivity contribution in [3.63, 3.8) is 0 Å². The van der Waals surface area contributed by atoms with Crippen molar-refractivity contribution in [3.05, 3.63) is 54.1 Å². The molecular formula is C26H29F3N2O2. The predicted molar refractivity (Wildman–Crippen MR) is 121 cm³/mol. The molecule has 4 rings (SSSR count). The van der Waals surface area contributed by atoms with Crippen molar-refractivity contribution < 1.29 is 22.7 Å². The molecule has 1 saturated carbocycles. The molecule has 1 aromatic heterocycles. The molecule has 0 spiro atoms. The second kappa shape index (κ2) is 9.20. The average molecular weight is 459 g/mol. The van der Waals surface area contributed by atoms with E-state index in [1.165, 1.54) is 6.07 Å². The Bertz CT molecular complexity index is 1140. The first-order chi connectivity index (χ1) is 15.6. The van der Waals surface area contributed by atoms with Gasteiger partial charge in [0.25, 0.3) is 0 Å². The van der Waals surface area contributed by atoms with E-state index < -0.39 is 17.7 Å². The molecule has 0 N–H and O–H groups in total. The minimum Gasteiger partial charge on any atom is -0.461 e. The van der Waals surface area contributed by atoms with Crippen LogP contribution in [0.1, 0.15) is 45.6 Å². The van der Waals surface area contributed by atoms with Crippen molar-refractivity contribution in [2.24, 2.45) is 17.8 Å². The van der Waals surface area contributed by atoms with Gasteiger partial charge < -0.3 is 9.30 Å². The van der Waals surface area contributed by atoms with Crippen LogP contribution in [0.5, 0.6) is 0 Å². The lowest BCUT2D eigenvalue weighted by atomic mass is 9.75. The molecule has 0 bridgehead atoms. The third kappa shape index (κ3) is 5.07. The van der Waals surface area contributed by atoms with E-state index in [2.05, 4.69) is 25.8 Å². The molecule has 1 aliphatic carbocycles. The molecule has 7 heteroatoms. The van der Waals surface area contributed by atoms with E-state index in [4.69, 9.17) is 4.74 Å². The van der Waals surface area contributed by atoms with Gasteiger partial charge in [-0.3, -0.25) is 4.79 Å². The molecule has 1 fully saturated rings. The van der Waals surface area contributed by atoms with Crippen LogP contribution in [-0.4, -0.2) is 21.6 Å². The second-order valence-electron chi connectivity index (χ2n) is 9.44. The van der Waals surface area contributed by atoms with E-state index >= 15 is 0 Å². The predicted octanol–water partition coefficient (Wildman–Crippen LogP) is 6.73. The van der Waals surface area contributed by atoms with E-state index in [1.807, 2.05) is 18.2 Å². The maximum Gasteiger partial charge on any atom is 0.416 e. The number of nitrogens with zero attached hydrogens (tertiary/aromatic N) is 2. The molecule has 3 aromatic rings. The largest absolute Gasteiger partial charge is 0.461 e. The zero-order valence-electron chi connectivity index (χ0n) is 19.1. The molecule has 0 aliphatic heterocycles. The van der Waals surface area contributed by atoms with Crippen molar-refractivity contribution in [3.8, 4) is 11.4 Å². The average Bonchev–Trinajstić information content (AvgIpc) is 3.11. The van der Waals surface area contributed by atoms with E-state index in [0.29, 0.717) is 40.2 Å². The lowest BCUT2D eigenvalue weighted by Crippen LogP contribution is -2.36. The zero-order valence-corrected chi connectivity index (χ0v) is 19.1. The Morgan fingerprint density at radius 2 is 1.91 bits per heavy atom. The molecular weight excluding hydrogens is 429 g/mol. The molecule has 1 aliphatic rings. The molecule has 0 unspecified atom stereocenters. The van der Waals surface area contributed by atoms with Crippen molar-refractivity contribution in [2.45, 2.75) is 58.9 Å². The van der Waals surface area contributed by atoms with Crippen molar-refractivity contribution >= 4 is 17.0 Å². The van der Waals surface area contributed by atoms with Gasteiger partial charge in [0.05, 0.1) is 16.6 Å². The molecule has 0 saturated heterocycles. The normalized spacial score (nSPS) is 21.5. The van der Waals surface area contributed by atoms with Crippen LogP contribution in [0.2, 0.25) is 0 Å². The number of benzene rings is 2. The number of carbonyl (C=O) groups excluding carboxylic acids is 1. The summed E-state index contributed by atoms with van der Waals surface area (Å²) in [5.41, 5.74) is 0.848. The van der Waals surface area contributed by atoms with Crippen molar-refractivity contribution in [1.82, 2.24) is 9.55 Å². The highest BCUT2D eigenvalue weighted by atomic mass is 19.4. The summed E-state index contributed by atoms with van der Waals surface area (Å²) < 4.78 is 47.5. The molecule has 4 nitrogen and oxygen atoms in total. The van der Waals surface area contributed by atoms with Crippen LogP contribution in [0, 0.1) is 17.8 Å². The number of aromatic nitrogens is 2. The second-order valence-corrected chi connectivity index (χ2v) is 9.44. The number of halogens is 3. The van der Waals surface area contributed by atoms with Gasteiger partial charge in [-0.25, -0.2) is 4.98 Å². The first kappa shape index (κ1) is 23.3. The Hall–Kier alpha value is -2.83. The molecule has 176 valence electrons. The molecule has 33 heavy (non-hydrogen) atoms. The molecule has 0 amide bonds. The molecule has 1 heterocycles. The molecule has 2 aromatic carbocycles. The van der Waals surface area contributed by atoms with Gasteiger partial charge in [0, 0.05) is 5.56 Å². The number of carbonyl (C=O) groups is 1.